The molecule has 0 aliphatic heterocycles. The molecule has 1 rings (SSSR count). The van der Waals surface area contributed by atoms with Crippen LogP contribution in [0.25, 0.3) is 0 Å². The Kier molecular flexibility index (Phi) is 11.6. The third-order valence-corrected chi connectivity index (χ3v) is 4.63. The first-order valence-electron chi connectivity index (χ1n) is 10.3. The lowest BCUT2D eigenvalue weighted by atomic mass is 10.1. The zero-order valence-corrected chi connectivity index (χ0v) is 18.8. The Morgan fingerprint density at radius 1 is 1.11 bits per heavy atom. The zero-order valence-electron chi connectivity index (χ0n) is 18.8. The van der Waals surface area contributed by atoms with E-state index in [-0.39, 0.29) is 0 Å². The van der Waals surface area contributed by atoms with Gasteiger partial charge in [-0.2, -0.15) is 0 Å². The van der Waals surface area contributed by atoms with Crippen molar-refractivity contribution in [1.82, 2.24) is 15.5 Å². The number of hydrogen-bond acceptors (Lipinski definition) is 4. The van der Waals surface area contributed by atoms with Crippen LogP contribution in [-0.2, 0) is 11.3 Å². The number of methoxy groups -OCH3 is 1. The van der Waals surface area contributed by atoms with Crippen LogP contribution >= 0.6 is 0 Å². The molecular formula is C22H40N4O2. The van der Waals surface area contributed by atoms with Gasteiger partial charge in [0, 0.05) is 64.5 Å². The van der Waals surface area contributed by atoms with Gasteiger partial charge in [-0.25, -0.2) is 0 Å². The molecule has 1 aromatic rings. The number of ether oxygens (including phenoxy) is 2. The molecule has 0 aliphatic rings. The van der Waals surface area contributed by atoms with E-state index in [9.17, 15) is 0 Å². The van der Waals surface area contributed by atoms with Crippen LogP contribution < -0.4 is 15.4 Å². The highest BCUT2D eigenvalue weighted by Crippen LogP contribution is 2.20. The van der Waals surface area contributed by atoms with Crippen LogP contribution in [0.5, 0.6) is 5.75 Å². The van der Waals surface area contributed by atoms with Gasteiger partial charge in [-0.3, -0.25) is 9.89 Å². The average Bonchev–Trinajstić information content (AvgIpc) is 2.65. The smallest absolute Gasteiger partial charge is 0.191 e. The highest BCUT2D eigenvalue weighted by atomic mass is 16.5. The van der Waals surface area contributed by atoms with Crippen LogP contribution in [0.2, 0.25) is 0 Å². The molecule has 0 aromatic heterocycles. The second-order valence-electron chi connectivity index (χ2n) is 7.58. The molecule has 0 spiro atoms. The first-order valence-corrected chi connectivity index (χ1v) is 10.3. The minimum absolute atomic E-state index is 0.530. The predicted octanol–water partition coefficient (Wildman–Crippen LogP) is 3.19. The maximum Gasteiger partial charge on any atom is 0.191 e. The van der Waals surface area contributed by atoms with Crippen molar-refractivity contribution in [2.75, 3.05) is 40.5 Å². The Bertz CT molecular complexity index is 580. The number of benzene rings is 1. The molecule has 0 radical (unpaired) electrons. The van der Waals surface area contributed by atoms with E-state index in [4.69, 9.17) is 9.47 Å². The monoisotopic (exact) mass is 392 g/mol. The summed E-state index contributed by atoms with van der Waals surface area (Å²) in [5, 5.41) is 6.81. The van der Waals surface area contributed by atoms with E-state index in [2.05, 4.69) is 73.3 Å². The number of aryl methyl sites for hydroxylation is 1. The minimum atomic E-state index is 0.530. The highest BCUT2D eigenvalue weighted by Gasteiger charge is 2.13. The van der Waals surface area contributed by atoms with Crippen molar-refractivity contribution < 1.29 is 9.47 Å². The summed E-state index contributed by atoms with van der Waals surface area (Å²) in [7, 11) is 3.51. The van der Waals surface area contributed by atoms with Gasteiger partial charge in [0.15, 0.2) is 5.96 Å². The lowest BCUT2D eigenvalue weighted by Gasteiger charge is -2.30. The van der Waals surface area contributed by atoms with Crippen molar-refractivity contribution in [2.24, 2.45) is 4.99 Å². The number of hydrogen-bond donors (Lipinski definition) is 2. The van der Waals surface area contributed by atoms with Crippen molar-refractivity contribution in [2.45, 2.75) is 59.7 Å². The van der Waals surface area contributed by atoms with Crippen molar-refractivity contribution in [3.8, 4) is 5.75 Å². The van der Waals surface area contributed by atoms with Gasteiger partial charge in [-0.15, -0.1) is 0 Å². The van der Waals surface area contributed by atoms with E-state index in [1.807, 2.05) is 0 Å². The summed E-state index contributed by atoms with van der Waals surface area (Å²) < 4.78 is 11.1. The first-order chi connectivity index (χ1) is 13.4. The fourth-order valence-corrected chi connectivity index (χ4v) is 3.14. The first kappa shape index (κ1) is 24.2. The van der Waals surface area contributed by atoms with Gasteiger partial charge in [0.2, 0.25) is 0 Å². The molecule has 6 nitrogen and oxygen atoms in total. The number of nitrogens with one attached hydrogen (secondary N) is 2. The van der Waals surface area contributed by atoms with Gasteiger partial charge in [0.05, 0.1) is 6.61 Å². The lowest BCUT2D eigenvalue weighted by molar-refractivity contribution is 0.171. The predicted molar refractivity (Wildman–Crippen MR) is 118 cm³/mol. The molecule has 2 N–H and O–H groups in total. The van der Waals surface area contributed by atoms with E-state index in [1.54, 1.807) is 14.2 Å². The molecule has 0 bridgehead atoms. The van der Waals surface area contributed by atoms with E-state index >= 15 is 0 Å². The highest BCUT2D eigenvalue weighted by molar-refractivity contribution is 5.79. The van der Waals surface area contributed by atoms with Gasteiger partial charge >= 0.3 is 0 Å². The summed E-state index contributed by atoms with van der Waals surface area (Å²) >= 11 is 0. The fraction of sp³-hybridized carbons (Fsp3) is 0.682. The van der Waals surface area contributed by atoms with Crippen LogP contribution in [0, 0.1) is 6.92 Å². The molecule has 0 fully saturated rings. The topological polar surface area (TPSA) is 58.1 Å². The molecule has 0 unspecified atom stereocenters. The van der Waals surface area contributed by atoms with Crippen molar-refractivity contribution in [3.05, 3.63) is 29.3 Å². The SMILES string of the molecule is CN=C(NCCN(C(C)C)C(C)C)NCc1ccc(C)cc1OCCCOC. The number of aliphatic imine (C=N–C) groups is 1. The van der Waals surface area contributed by atoms with Gasteiger partial charge in [-0.1, -0.05) is 12.1 Å². The van der Waals surface area contributed by atoms with Crippen LogP contribution in [0.1, 0.15) is 45.2 Å². The van der Waals surface area contributed by atoms with Crippen LogP contribution in [0.3, 0.4) is 0 Å². The summed E-state index contributed by atoms with van der Waals surface area (Å²) in [6, 6.07) is 7.37. The second-order valence-corrected chi connectivity index (χ2v) is 7.58. The van der Waals surface area contributed by atoms with Crippen molar-refractivity contribution >= 4 is 5.96 Å². The third kappa shape index (κ3) is 8.93. The Balaban J connectivity index is 2.56. The van der Waals surface area contributed by atoms with Crippen LogP contribution in [-0.4, -0.2) is 63.4 Å². The molecule has 1 aromatic carbocycles. The summed E-state index contributed by atoms with van der Waals surface area (Å²) in [5.74, 6) is 1.73. The van der Waals surface area contributed by atoms with Crippen LogP contribution in [0.15, 0.2) is 23.2 Å². The van der Waals surface area contributed by atoms with E-state index in [0.29, 0.717) is 31.8 Å². The van der Waals surface area contributed by atoms with E-state index < -0.39 is 0 Å². The van der Waals surface area contributed by atoms with E-state index in [1.165, 1.54) is 5.56 Å². The van der Waals surface area contributed by atoms with E-state index in [0.717, 1.165) is 36.8 Å². The molecule has 0 saturated heterocycles. The molecule has 0 heterocycles. The lowest BCUT2D eigenvalue weighted by Crippen LogP contribution is -2.45. The Hall–Kier alpha value is -1.79. The summed E-state index contributed by atoms with van der Waals surface area (Å²) in [6.07, 6.45) is 0.878. The quantitative estimate of drug-likeness (QED) is 0.325. The van der Waals surface area contributed by atoms with Crippen molar-refractivity contribution in [1.29, 1.82) is 0 Å². The third-order valence-electron chi connectivity index (χ3n) is 4.63. The minimum Gasteiger partial charge on any atom is -0.493 e. The summed E-state index contributed by atoms with van der Waals surface area (Å²) in [5.41, 5.74) is 2.31. The Labute approximate surface area is 171 Å². The molecule has 0 saturated carbocycles. The standard InChI is InChI=1S/C22H40N4O2/c1-17(2)26(18(3)4)12-11-24-22(23-6)25-16-20-10-9-19(5)15-21(20)28-14-8-13-27-7/h9-10,15,17-18H,8,11-14,16H2,1-7H3,(H2,23,24,25). The summed E-state index contributed by atoms with van der Waals surface area (Å²) in [4.78, 5) is 6.81. The van der Waals surface area contributed by atoms with Gasteiger partial charge < -0.3 is 20.1 Å². The maximum absolute atomic E-state index is 5.96. The van der Waals surface area contributed by atoms with Crippen molar-refractivity contribution in [3.63, 3.8) is 0 Å². The molecule has 0 aliphatic carbocycles. The number of rotatable bonds is 12. The molecule has 28 heavy (non-hydrogen) atoms. The molecule has 0 atom stereocenters. The number of nitrogens with zero attached hydrogens (tertiary/aromatic N) is 2. The molecule has 160 valence electrons. The number of guanidine groups is 1. The fourth-order valence-electron chi connectivity index (χ4n) is 3.14. The second kappa shape index (κ2) is 13.4. The van der Waals surface area contributed by atoms with Crippen LogP contribution in [0.4, 0.5) is 0 Å². The maximum atomic E-state index is 5.96. The van der Waals surface area contributed by atoms with Gasteiger partial charge in [0.25, 0.3) is 0 Å². The van der Waals surface area contributed by atoms with Gasteiger partial charge in [-0.05, 0) is 46.2 Å². The normalized spacial score (nSPS) is 12.1. The Morgan fingerprint density at radius 2 is 1.82 bits per heavy atom. The summed E-state index contributed by atoms with van der Waals surface area (Å²) in [6.45, 7) is 14.9. The zero-order chi connectivity index (χ0) is 20.9. The van der Waals surface area contributed by atoms with Gasteiger partial charge in [0.1, 0.15) is 5.75 Å². The molecular weight excluding hydrogens is 352 g/mol. The largest absolute Gasteiger partial charge is 0.493 e. The molecule has 6 heteroatoms. The Morgan fingerprint density at radius 3 is 2.43 bits per heavy atom. The molecule has 0 amide bonds. The average molecular weight is 393 g/mol.